The highest BCUT2D eigenvalue weighted by Crippen LogP contribution is 2.43. The van der Waals surface area contributed by atoms with E-state index in [4.69, 9.17) is 19.8 Å². The molecule has 3 rings (SSSR count). The number of amides is 1. The van der Waals surface area contributed by atoms with Crippen LogP contribution < -0.4 is 0 Å². The number of carbonyl (C=O) groups is 3. The van der Waals surface area contributed by atoms with Gasteiger partial charge in [0.15, 0.2) is 0 Å². The lowest BCUT2D eigenvalue weighted by Gasteiger charge is -2.52. The molecule has 0 saturated carbocycles. The highest BCUT2D eigenvalue weighted by Gasteiger charge is 2.52. The van der Waals surface area contributed by atoms with Gasteiger partial charge in [-0.3, -0.25) is 14.7 Å². The van der Waals surface area contributed by atoms with E-state index in [-0.39, 0.29) is 5.54 Å². The maximum atomic E-state index is 12.4. The first-order chi connectivity index (χ1) is 17.1. The lowest BCUT2D eigenvalue weighted by Crippen LogP contribution is -2.62. The second kappa shape index (κ2) is 13.4. The van der Waals surface area contributed by atoms with Crippen LogP contribution in [0.1, 0.15) is 44.6 Å². The zero-order valence-corrected chi connectivity index (χ0v) is 20.1. The minimum absolute atomic E-state index is 0.00526. The summed E-state index contributed by atoms with van der Waals surface area (Å²) in [5, 5.41) is 14.2. The molecule has 208 valence electrons. The number of halogens is 6. The number of piperidine rings is 1. The standard InChI is InChI=1S/C19H27N3O.2C2HF3O2/c1-3-13-22-18(23)6-10-19(22)9-5-14-21(17(19)4-2)15-16-7-11-20-12-8-16;2*3-2(4,5)1(6)7/h3,7-8,11-12,17H,1,4-6,9-10,13-15H2,2H3;2*(H,6,7)/t17-,19-;;/m0../s1. The molecule has 0 aliphatic carbocycles. The van der Waals surface area contributed by atoms with E-state index in [2.05, 4.69) is 40.4 Å². The van der Waals surface area contributed by atoms with Crippen LogP contribution in [0.4, 0.5) is 26.3 Å². The molecule has 2 N–H and O–H groups in total. The van der Waals surface area contributed by atoms with Crippen molar-refractivity contribution in [2.24, 2.45) is 0 Å². The quantitative estimate of drug-likeness (QED) is 0.423. The number of carboxylic acid groups (broad SMARTS) is 2. The Morgan fingerprint density at radius 3 is 2.05 bits per heavy atom. The highest BCUT2D eigenvalue weighted by atomic mass is 19.4. The number of nitrogens with zero attached hydrogens (tertiary/aromatic N) is 3. The van der Waals surface area contributed by atoms with Gasteiger partial charge in [0.05, 0.1) is 5.54 Å². The molecule has 0 aromatic carbocycles. The first-order valence-corrected chi connectivity index (χ1v) is 11.2. The van der Waals surface area contributed by atoms with Gasteiger partial charge in [0.25, 0.3) is 0 Å². The maximum Gasteiger partial charge on any atom is 0.490 e. The Balaban J connectivity index is 0.000000404. The van der Waals surface area contributed by atoms with Gasteiger partial charge in [0, 0.05) is 37.9 Å². The van der Waals surface area contributed by atoms with Crippen molar-refractivity contribution in [1.82, 2.24) is 14.8 Å². The topological polar surface area (TPSA) is 111 Å². The van der Waals surface area contributed by atoms with E-state index in [9.17, 15) is 31.1 Å². The Morgan fingerprint density at radius 2 is 1.62 bits per heavy atom. The van der Waals surface area contributed by atoms with Crippen LogP contribution in [-0.4, -0.2) is 79.9 Å². The summed E-state index contributed by atoms with van der Waals surface area (Å²) < 4.78 is 63.5. The van der Waals surface area contributed by atoms with Crippen molar-refractivity contribution in [3.63, 3.8) is 0 Å². The Hall–Kier alpha value is -3.16. The summed E-state index contributed by atoms with van der Waals surface area (Å²) in [6, 6.07) is 4.61. The molecule has 37 heavy (non-hydrogen) atoms. The summed E-state index contributed by atoms with van der Waals surface area (Å²) in [4.78, 5) is 39.0. The fourth-order valence-electron chi connectivity index (χ4n) is 4.66. The van der Waals surface area contributed by atoms with Gasteiger partial charge in [-0.1, -0.05) is 13.0 Å². The van der Waals surface area contributed by atoms with Gasteiger partial charge in [0.1, 0.15) is 0 Å². The van der Waals surface area contributed by atoms with Crippen LogP contribution >= 0.6 is 0 Å². The van der Waals surface area contributed by atoms with Gasteiger partial charge in [-0.15, -0.1) is 6.58 Å². The smallest absolute Gasteiger partial charge is 0.475 e. The van der Waals surface area contributed by atoms with Crippen LogP contribution in [0.3, 0.4) is 0 Å². The summed E-state index contributed by atoms with van der Waals surface area (Å²) in [5.41, 5.74) is 1.31. The third-order valence-corrected chi connectivity index (χ3v) is 6.04. The largest absolute Gasteiger partial charge is 0.490 e. The second-order valence-corrected chi connectivity index (χ2v) is 8.36. The fourth-order valence-corrected chi connectivity index (χ4v) is 4.66. The first-order valence-electron chi connectivity index (χ1n) is 11.2. The average molecular weight is 541 g/mol. The van der Waals surface area contributed by atoms with Crippen LogP contribution in [0.2, 0.25) is 0 Å². The number of hydrogen-bond acceptors (Lipinski definition) is 5. The molecule has 14 heteroatoms. The summed E-state index contributed by atoms with van der Waals surface area (Å²) in [7, 11) is 0. The number of carboxylic acids is 2. The molecule has 0 bridgehead atoms. The van der Waals surface area contributed by atoms with Crippen LogP contribution in [0.5, 0.6) is 0 Å². The molecule has 2 aliphatic rings. The molecule has 2 atom stereocenters. The predicted molar refractivity (Wildman–Crippen MR) is 119 cm³/mol. The van der Waals surface area contributed by atoms with E-state index >= 15 is 0 Å². The lowest BCUT2D eigenvalue weighted by atomic mass is 9.77. The predicted octanol–water partition coefficient (Wildman–Crippen LogP) is 4.27. The van der Waals surface area contributed by atoms with Crippen molar-refractivity contribution >= 4 is 17.8 Å². The Bertz CT molecular complexity index is 902. The molecule has 1 amide bonds. The lowest BCUT2D eigenvalue weighted by molar-refractivity contribution is -0.193. The van der Waals surface area contributed by atoms with Crippen LogP contribution in [0, 0.1) is 0 Å². The van der Waals surface area contributed by atoms with Crippen molar-refractivity contribution in [1.29, 1.82) is 0 Å². The third kappa shape index (κ3) is 9.02. The molecule has 0 unspecified atom stereocenters. The molecular formula is C23H29F6N3O5. The molecular weight excluding hydrogens is 512 g/mol. The molecule has 1 aromatic heterocycles. The number of carbonyl (C=O) groups excluding carboxylic acids is 1. The first kappa shape index (κ1) is 31.9. The average Bonchev–Trinajstić information content (AvgIpc) is 3.10. The van der Waals surface area contributed by atoms with Gasteiger partial charge >= 0.3 is 24.3 Å². The molecule has 2 fully saturated rings. The summed E-state index contributed by atoms with van der Waals surface area (Å²) >= 11 is 0. The van der Waals surface area contributed by atoms with Gasteiger partial charge in [-0.2, -0.15) is 26.3 Å². The zero-order chi connectivity index (χ0) is 28.4. The van der Waals surface area contributed by atoms with Crippen LogP contribution in [0.15, 0.2) is 37.2 Å². The molecule has 2 saturated heterocycles. The zero-order valence-electron chi connectivity index (χ0n) is 20.1. The normalized spacial score (nSPS) is 22.0. The molecule has 2 aliphatic heterocycles. The van der Waals surface area contributed by atoms with E-state index < -0.39 is 24.3 Å². The minimum Gasteiger partial charge on any atom is -0.475 e. The van der Waals surface area contributed by atoms with Gasteiger partial charge in [0.2, 0.25) is 5.91 Å². The molecule has 8 nitrogen and oxygen atoms in total. The van der Waals surface area contributed by atoms with Gasteiger partial charge < -0.3 is 15.1 Å². The van der Waals surface area contributed by atoms with E-state index in [1.165, 1.54) is 5.56 Å². The summed E-state index contributed by atoms with van der Waals surface area (Å²) in [6.07, 6.45) is 0.461. The Morgan fingerprint density at radius 1 is 1.11 bits per heavy atom. The Kier molecular flexibility index (Phi) is 11.5. The molecule has 3 heterocycles. The van der Waals surface area contributed by atoms with E-state index in [0.29, 0.717) is 24.9 Å². The summed E-state index contributed by atoms with van der Waals surface area (Å²) in [6.45, 7) is 8.85. The second-order valence-electron chi connectivity index (χ2n) is 8.36. The number of alkyl halides is 6. The maximum absolute atomic E-state index is 12.4. The number of likely N-dealkylation sites (tertiary alicyclic amines) is 2. The minimum atomic E-state index is -5.08. The van der Waals surface area contributed by atoms with Gasteiger partial charge in [-0.05, 0) is 49.9 Å². The van der Waals surface area contributed by atoms with Crippen molar-refractivity contribution in [3.05, 3.63) is 42.7 Å². The Labute approximate surface area is 209 Å². The van der Waals surface area contributed by atoms with E-state index in [1.807, 2.05) is 18.5 Å². The highest BCUT2D eigenvalue weighted by molar-refractivity contribution is 5.80. The van der Waals surface area contributed by atoms with Crippen molar-refractivity contribution < 1.29 is 50.9 Å². The fraction of sp³-hybridized carbons (Fsp3) is 0.565. The van der Waals surface area contributed by atoms with Crippen molar-refractivity contribution in [3.8, 4) is 0 Å². The van der Waals surface area contributed by atoms with Crippen molar-refractivity contribution in [2.75, 3.05) is 13.1 Å². The molecule has 0 radical (unpaired) electrons. The molecule has 1 aromatic rings. The number of rotatable bonds is 5. The third-order valence-electron chi connectivity index (χ3n) is 6.04. The van der Waals surface area contributed by atoms with E-state index in [1.54, 1.807) is 0 Å². The summed E-state index contributed by atoms with van der Waals surface area (Å²) in [5.74, 6) is -5.21. The SMILES string of the molecule is C=CCN1C(=O)CC[C@]12CCCN(Cc1ccncc1)[C@H]2CC.O=C(O)C(F)(F)F.O=C(O)C(F)(F)F. The van der Waals surface area contributed by atoms with Gasteiger partial charge in [-0.25, -0.2) is 9.59 Å². The van der Waals surface area contributed by atoms with Crippen LogP contribution in [0.25, 0.3) is 0 Å². The number of aromatic nitrogens is 1. The van der Waals surface area contributed by atoms with E-state index in [0.717, 1.165) is 38.8 Å². The number of aliphatic carboxylic acids is 2. The van der Waals surface area contributed by atoms with Crippen LogP contribution in [-0.2, 0) is 20.9 Å². The molecule has 1 spiro atoms. The monoisotopic (exact) mass is 541 g/mol. The number of hydrogen-bond donors (Lipinski definition) is 2. The number of pyridine rings is 1. The van der Waals surface area contributed by atoms with Crippen molar-refractivity contribution in [2.45, 2.75) is 69.5 Å².